The van der Waals surface area contributed by atoms with Crippen molar-refractivity contribution in [3.63, 3.8) is 0 Å². The normalized spacial score (nSPS) is 14.1. The van der Waals surface area contributed by atoms with Crippen LogP contribution in [0.15, 0.2) is 47.4 Å². The Morgan fingerprint density at radius 1 is 1.31 bits per heavy atom. The first-order valence-electron chi connectivity index (χ1n) is 4.87. The largest absolute Gasteiger partial charge is 0.394 e. The molecule has 16 heavy (non-hydrogen) atoms. The average Bonchev–Trinajstić information content (AvgIpc) is 2.30. The van der Waals surface area contributed by atoms with Crippen molar-refractivity contribution in [3.05, 3.63) is 42.5 Å². The summed E-state index contributed by atoms with van der Waals surface area (Å²) in [5.74, 6) is -0.106. The van der Waals surface area contributed by atoms with E-state index in [-0.39, 0.29) is 17.3 Å². The van der Waals surface area contributed by atoms with Crippen molar-refractivity contribution in [1.29, 1.82) is 0 Å². The molecule has 1 atom stereocenters. The van der Waals surface area contributed by atoms with E-state index in [1.54, 1.807) is 30.3 Å². The molecule has 0 saturated carbocycles. The lowest BCUT2D eigenvalue weighted by molar-refractivity contribution is 0.284. The molecular weight excluding hydrogens is 226 g/mol. The molecule has 0 aliphatic rings. The molecule has 3 N–H and O–H groups in total. The highest BCUT2D eigenvalue weighted by molar-refractivity contribution is 7.91. The zero-order chi connectivity index (χ0) is 12.0. The smallest absolute Gasteiger partial charge is 0.181 e. The monoisotopic (exact) mass is 241 g/mol. The van der Waals surface area contributed by atoms with Crippen LogP contribution in [0.3, 0.4) is 0 Å². The second-order valence-corrected chi connectivity index (χ2v) is 5.40. The number of sulfone groups is 1. The van der Waals surface area contributed by atoms with Crippen molar-refractivity contribution >= 4 is 9.84 Å². The van der Waals surface area contributed by atoms with E-state index in [4.69, 9.17) is 10.8 Å². The first-order valence-corrected chi connectivity index (χ1v) is 6.52. The van der Waals surface area contributed by atoms with Gasteiger partial charge in [-0.3, -0.25) is 0 Å². The predicted molar refractivity (Wildman–Crippen MR) is 62.7 cm³/mol. The molecule has 88 valence electrons. The van der Waals surface area contributed by atoms with Crippen LogP contribution >= 0.6 is 0 Å². The van der Waals surface area contributed by atoms with E-state index in [1.165, 1.54) is 12.2 Å². The van der Waals surface area contributed by atoms with Crippen molar-refractivity contribution in [2.75, 3.05) is 12.4 Å². The van der Waals surface area contributed by atoms with Crippen molar-refractivity contribution in [3.8, 4) is 0 Å². The van der Waals surface area contributed by atoms with Crippen LogP contribution in [-0.2, 0) is 9.84 Å². The van der Waals surface area contributed by atoms with Gasteiger partial charge in [0.2, 0.25) is 0 Å². The maximum absolute atomic E-state index is 11.7. The van der Waals surface area contributed by atoms with E-state index in [2.05, 4.69) is 0 Å². The fourth-order valence-electron chi connectivity index (χ4n) is 1.14. The topological polar surface area (TPSA) is 80.4 Å². The fourth-order valence-corrected chi connectivity index (χ4v) is 2.27. The number of aliphatic hydroxyl groups is 1. The van der Waals surface area contributed by atoms with E-state index in [0.717, 1.165) is 0 Å². The van der Waals surface area contributed by atoms with E-state index < -0.39 is 15.9 Å². The lowest BCUT2D eigenvalue weighted by Gasteiger charge is -2.02. The molecule has 0 aliphatic heterocycles. The highest BCUT2D eigenvalue weighted by Crippen LogP contribution is 2.09. The Bertz CT molecular complexity index is 440. The van der Waals surface area contributed by atoms with Crippen LogP contribution in [0, 0.1) is 0 Å². The van der Waals surface area contributed by atoms with Crippen molar-refractivity contribution in [2.45, 2.75) is 10.9 Å². The summed E-state index contributed by atoms with van der Waals surface area (Å²) < 4.78 is 23.5. The molecule has 0 unspecified atom stereocenters. The van der Waals surface area contributed by atoms with Gasteiger partial charge in [-0.25, -0.2) is 8.42 Å². The minimum atomic E-state index is -3.29. The van der Waals surface area contributed by atoms with E-state index in [1.807, 2.05) is 0 Å². The lowest BCUT2D eigenvalue weighted by Crippen LogP contribution is -2.21. The van der Waals surface area contributed by atoms with Gasteiger partial charge in [-0.15, -0.1) is 0 Å². The van der Waals surface area contributed by atoms with Crippen LogP contribution in [0.2, 0.25) is 0 Å². The number of nitrogens with two attached hydrogens (primary N) is 1. The van der Waals surface area contributed by atoms with Gasteiger partial charge >= 0.3 is 0 Å². The number of hydrogen-bond donors (Lipinski definition) is 2. The maximum Gasteiger partial charge on any atom is 0.181 e. The fraction of sp³-hybridized carbons (Fsp3) is 0.273. The summed E-state index contributed by atoms with van der Waals surface area (Å²) in [6.07, 6.45) is 2.95. The first kappa shape index (κ1) is 12.9. The third kappa shape index (κ3) is 3.77. The van der Waals surface area contributed by atoms with E-state index in [0.29, 0.717) is 0 Å². The molecule has 1 rings (SSSR count). The van der Waals surface area contributed by atoms with Gasteiger partial charge in [0.05, 0.1) is 17.3 Å². The number of aliphatic hydroxyl groups excluding tert-OH is 1. The number of benzene rings is 1. The summed E-state index contributed by atoms with van der Waals surface area (Å²) in [4.78, 5) is 0.289. The van der Waals surface area contributed by atoms with Gasteiger partial charge in [0, 0.05) is 6.04 Å². The van der Waals surface area contributed by atoms with E-state index in [9.17, 15) is 8.42 Å². The van der Waals surface area contributed by atoms with Gasteiger partial charge in [-0.1, -0.05) is 30.4 Å². The van der Waals surface area contributed by atoms with Gasteiger partial charge in [-0.05, 0) is 12.1 Å². The predicted octanol–water partition coefficient (Wildman–Crippen LogP) is 0.336. The Labute approximate surface area is 95.3 Å². The molecule has 1 aromatic rings. The van der Waals surface area contributed by atoms with Gasteiger partial charge in [0.25, 0.3) is 0 Å². The first-order chi connectivity index (χ1) is 7.56. The molecule has 0 radical (unpaired) electrons. The minimum Gasteiger partial charge on any atom is -0.394 e. The Hall–Kier alpha value is -1.17. The van der Waals surface area contributed by atoms with Crippen molar-refractivity contribution in [1.82, 2.24) is 0 Å². The van der Waals surface area contributed by atoms with Crippen LogP contribution in [0.1, 0.15) is 0 Å². The Morgan fingerprint density at radius 3 is 2.50 bits per heavy atom. The van der Waals surface area contributed by atoms with Crippen LogP contribution in [0.4, 0.5) is 0 Å². The van der Waals surface area contributed by atoms with Crippen molar-refractivity contribution < 1.29 is 13.5 Å². The molecule has 0 heterocycles. The zero-order valence-electron chi connectivity index (χ0n) is 8.78. The highest BCUT2D eigenvalue weighted by Gasteiger charge is 2.11. The average molecular weight is 241 g/mol. The van der Waals surface area contributed by atoms with Crippen molar-refractivity contribution in [2.24, 2.45) is 5.73 Å². The molecule has 0 amide bonds. The second-order valence-electron chi connectivity index (χ2n) is 3.37. The molecule has 0 aliphatic carbocycles. The summed E-state index contributed by atoms with van der Waals surface area (Å²) in [7, 11) is -3.29. The standard InChI is InChI=1S/C11H15NO3S/c12-10(9-13)5-4-8-16(14,15)11-6-2-1-3-7-11/h1-7,10,13H,8-9,12H2/b5-4-/t10-/m0/s1. The lowest BCUT2D eigenvalue weighted by atomic mass is 10.3. The minimum absolute atomic E-state index is 0.106. The summed E-state index contributed by atoms with van der Waals surface area (Å²) in [5.41, 5.74) is 5.41. The molecular formula is C11H15NO3S. The Morgan fingerprint density at radius 2 is 1.94 bits per heavy atom. The van der Waals surface area contributed by atoms with Crippen LogP contribution in [0.25, 0.3) is 0 Å². The number of rotatable bonds is 5. The quantitative estimate of drug-likeness (QED) is 0.728. The molecule has 5 heteroatoms. The molecule has 0 fully saturated rings. The molecule has 0 aromatic heterocycles. The van der Waals surface area contributed by atoms with Gasteiger partial charge in [0.1, 0.15) is 0 Å². The summed E-state index contributed by atoms with van der Waals surface area (Å²) in [5, 5.41) is 8.66. The Kier molecular flexibility index (Phi) is 4.67. The third-order valence-corrected chi connectivity index (χ3v) is 3.63. The molecule has 0 bridgehead atoms. The summed E-state index contributed by atoms with van der Waals surface area (Å²) in [6, 6.07) is 7.71. The SMILES string of the molecule is N[C@@H](/C=C\CS(=O)(=O)c1ccccc1)CO. The molecule has 0 spiro atoms. The van der Waals surface area contributed by atoms with E-state index >= 15 is 0 Å². The van der Waals surface area contributed by atoms with Gasteiger partial charge in [0.15, 0.2) is 9.84 Å². The summed E-state index contributed by atoms with van der Waals surface area (Å²) >= 11 is 0. The molecule has 4 nitrogen and oxygen atoms in total. The zero-order valence-corrected chi connectivity index (χ0v) is 9.60. The van der Waals surface area contributed by atoms with Gasteiger partial charge < -0.3 is 10.8 Å². The summed E-state index contributed by atoms with van der Waals surface area (Å²) in [6.45, 7) is -0.193. The van der Waals surface area contributed by atoms with Gasteiger partial charge in [-0.2, -0.15) is 0 Å². The molecule has 1 aromatic carbocycles. The highest BCUT2D eigenvalue weighted by atomic mass is 32.2. The third-order valence-electron chi connectivity index (χ3n) is 2.01. The van der Waals surface area contributed by atoms with Crippen LogP contribution in [-0.4, -0.2) is 31.9 Å². The Balaban J connectivity index is 2.71. The maximum atomic E-state index is 11.7. The number of hydrogen-bond acceptors (Lipinski definition) is 4. The second kappa shape index (κ2) is 5.79. The van der Waals surface area contributed by atoms with Crippen LogP contribution < -0.4 is 5.73 Å². The molecule has 0 saturated heterocycles. The van der Waals surface area contributed by atoms with Crippen LogP contribution in [0.5, 0.6) is 0 Å².